The van der Waals surface area contributed by atoms with Crippen LogP contribution in [0.25, 0.3) is 10.2 Å². The first kappa shape index (κ1) is 17.1. The number of ether oxygens (including phenoxy) is 1. The first-order valence-electron chi connectivity index (χ1n) is 8.05. The van der Waals surface area contributed by atoms with Crippen LogP contribution in [0.2, 0.25) is 0 Å². The molecule has 2 aromatic heterocycles. The van der Waals surface area contributed by atoms with Gasteiger partial charge in [0.15, 0.2) is 0 Å². The van der Waals surface area contributed by atoms with Crippen molar-refractivity contribution in [3.05, 3.63) is 16.8 Å². The van der Waals surface area contributed by atoms with Gasteiger partial charge in [0, 0.05) is 18.6 Å². The summed E-state index contributed by atoms with van der Waals surface area (Å²) in [5.41, 5.74) is 6.50. The Balaban J connectivity index is 1.96. The van der Waals surface area contributed by atoms with E-state index in [-0.39, 0.29) is 12.6 Å². The number of aryl methyl sites for hydroxylation is 1. The number of carbonyl (C=O) groups is 1. The predicted octanol–water partition coefficient (Wildman–Crippen LogP) is 1.47. The lowest BCUT2D eigenvalue weighted by molar-refractivity contribution is 0.0531. The van der Waals surface area contributed by atoms with Crippen molar-refractivity contribution < 1.29 is 14.6 Å². The number of piperidine rings is 1. The molecule has 1 aliphatic heterocycles. The molecule has 0 atom stereocenters. The number of nitrogens with two attached hydrogens (primary N) is 1. The van der Waals surface area contributed by atoms with Gasteiger partial charge in [0.25, 0.3) is 0 Å². The number of hydrogen-bond acceptors (Lipinski definition) is 8. The summed E-state index contributed by atoms with van der Waals surface area (Å²) >= 11 is 1.34. The van der Waals surface area contributed by atoms with Gasteiger partial charge in [0.1, 0.15) is 21.9 Å². The molecule has 2 aromatic rings. The Hall–Kier alpha value is -1.77. The highest BCUT2D eigenvalue weighted by molar-refractivity contribution is 7.20. The number of anilines is 1. The molecule has 0 amide bonds. The Morgan fingerprint density at radius 1 is 1.46 bits per heavy atom. The van der Waals surface area contributed by atoms with Crippen molar-refractivity contribution in [2.45, 2.75) is 32.2 Å². The average Bonchev–Trinajstić information content (AvgIpc) is 2.93. The molecular formula is C16H22N4O3S. The molecule has 0 aliphatic carbocycles. The number of thiophene rings is 1. The van der Waals surface area contributed by atoms with Crippen molar-refractivity contribution in [3.63, 3.8) is 0 Å². The number of carbonyl (C=O) groups excluding carboxylic acids is 1. The SMILES string of the molecule is CCOC(=O)c1sc2ncnc(N3CCC(N)(CO)CC3)c2c1C. The summed E-state index contributed by atoms with van der Waals surface area (Å²) in [6, 6.07) is 0. The fraction of sp³-hybridized carbons (Fsp3) is 0.562. The maximum absolute atomic E-state index is 12.1. The standard InChI is InChI=1S/C16H22N4O3S/c1-3-23-15(22)12-10(2)11-13(18-9-19-14(11)24-12)20-6-4-16(17,8-21)5-7-20/h9,21H,3-8,17H2,1-2H3. The maximum atomic E-state index is 12.1. The van der Waals surface area contributed by atoms with Crippen LogP contribution in [0.4, 0.5) is 5.82 Å². The van der Waals surface area contributed by atoms with Gasteiger partial charge in [-0.3, -0.25) is 0 Å². The van der Waals surface area contributed by atoms with E-state index in [9.17, 15) is 9.90 Å². The molecule has 8 heteroatoms. The van der Waals surface area contributed by atoms with E-state index in [4.69, 9.17) is 10.5 Å². The quantitative estimate of drug-likeness (QED) is 0.805. The Bertz CT molecular complexity index is 753. The Morgan fingerprint density at radius 2 is 2.17 bits per heavy atom. The van der Waals surface area contributed by atoms with Crippen LogP contribution in [0.1, 0.15) is 35.0 Å². The topological polar surface area (TPSA) is 102 Å². The van der Waals surface area contributed by atoms with Crippen LogP contribution in [0, 0.1) is 6.92 Å². The van der Waals surface area contributed by atoms with Crippen molar-refractivity contribution in [1.82, 2.24) is 9.97 Å². The highest BCUT2D eigenvalue weighted by Crippen LogP contribution is 2.36. The minimum atomic E-state index is -0.511. The van der Waals surface area contributed by atoms with E-state index in [1.807, 2.05) is 6.92 Å². The molecule has 0 bridgehead atoms. The molecule has 1 fully saturated rings. The lowest BCUT2D eigenvalue weighted by atomic mass is 9.89. The number of aliphatic hydroxyl groups is 1. The van der Waals surface area contributed by atoms with Gasteiger partial charge in [-0.15, -0.1) is 11.3 Å². The van der Waals surface area contributed by atoms with Crippen LogP contribution in [-0.2, 0) is 4.74 Å². The van der Waals surface area contributed by atoms with Crippen LogP contribution in [0.3, 0.4) is 0 Å². The molecule has 1 saturated heterocycles. The Kier molecular flexibility index (Phi) is 4.71. The van der Waals surface area contributed by atoms with E-state index in [0.717, 1.165) is 21.6 Å². The highest BCUT2D eigenvalue weighted by Gasteiger charge is 2.32. The molecule has 3 rings (SSSR count). The number of aromatic nitrogens is 2. The first-order valence-corrected chi connectivity index (χ1v) is 8.86. The Labute approximate surface area is 144 Å². The minimum Gasteiger partial charge on any atom is -0.462 e. The summed E-state index contributed by atoms with van der Waals surface area (Å²) in [5, 5.41) is 10.3. The van der Waals surface area contributed by atoms with Gasteiger partial charge in [0.05, 0.1) is 18.6 Å². The second-order valence-electron chi connectivity index (χ2n) is 6.16. The van der Waals surface area contributed by atoms with E-state index < -0.39 is 5.54 Å². The molecule has 0 unspecified atom stereocenters. The largest absolute Gasteiger partial charge is 0.462 e. The number of fused-ring (bicyclic) bond motifs is 1. The van der Waals surface area contributed by atoms with Gasteiger partial charge < -0.3 is 20.5 Å². The summed E-state index contributed by atoms with van der Waals surface area (Å²) in [7, 11) is 0. The third-order valence-electron chi connectivity index (χ3n) is 4.54. The molecular weight excluding hydrogens is 328 g/mol. The summed E-state index contributed by atoms with van der Waals surface area (Å²) in [4.78, 5) is 24.4. The van der Waals surface area contributed by atoms with Crippen molar-refractivity contribution in [1.29, 1.82) is 0 Å². The molecule has 130 valence electrons. The molecule has 0 spiro atoms. The van der Waals surface area contributed by atoms with E-state index in [0.29, 0.717) is 37.4 Å². The smallest absolute Gasteiger partial charge is 0.348 e. The summed E-state index contributed by atoms with van der Waals surface area (Å²) in [6.45, 7) is 5.46. The predicted molar refractivity (Wildman–Crippen MR) is 93.6 cm³/mol. The van der Waals surface area contributed by atoms with E-state index in [2.05, 4.69) is 14.9 Å². The fourth-order valence-corrected chi connectivity index (χ4v) is 4.04. The third-order valence-corrected chi connectivity index (χ3v) is 5.72. The zero-order valence-corrected chi connectivity index (χ0v) is 14.7. The zero-order valence-electron chi connectivity index (χ0n) is 13.9. The second kappa shape index (κ2) is 6.62. The van der Waals surface area contributed by atoms with E-state index in [1.165, 1.54) is 17.7 Å². The third kappa shape index (κ3) is 2.97. The van der Waals surface area contributed by atoms with Crippen LogP contribution in [0.15, 0.2) is 6.33 Å². The number of esters is 1. The van der Waals surface area contributed by atoms with Gasteiger partial charge in [-0.2, -0.15) is 0 Å². The van der Waals surface area contributed by atoms with Crippen molar-refractivity contribution in [2.75, 3.05) is 31.2 Å². The normalized spacial score (nSPS) is 17.2. The lowest BCUT2D eigenvalue weighted by Gasteiger charge is -2.38. The lowest BCUT2D eigenvalue weighted by Crippen LogP contribution is -2.53. The van der Waals surface area contributed by atoms with Crippen molar-refractivity contribution in [2.24, 2.45) is 5.73 Å². The van der Waals surface area contributed by atoms with Gasteiger partial charge in [0.2, 0.25) is 0 Å². The number of aliphatic hydroxyl groups excluding tert-OH is 1. The molecule has 0 saturated carbocycles. The van der Waals surface area contributed by atoms with Crippen molar-refractivity contribution >= 4 is 33.3 Å². The van der Waals surface area contributed by atoms with Gasteiger partial charge >= 0.3 is 5.97 Å². The summed E-state index contributed by atoms with van der Waals surface area (Å²) in [5.74, 6) is 0.508. The zero-order chi connectivity index (χ0) is 17.3. The highest BCUT2D eigenvalue weighted by atomic mass is 32.1. The maximum Gasteiger partial charge on any atom is 0.348 e. The molecule has 24 heavy (non-hydrogen) atoms. The first-order chi connectivity index (χ1) is 11.5. The molecule has 1 aliphatic rings. The summed E-state index contributed by atoms with van der Waals surface area (Å²) in [6.07, 6.45) is 2.92. The van der Waals surface area contributed by atoms with Gasteiger partial charge in [-0.25, -0.2) is 14.8 Å². The van der Waals surface area contributed by atoms with Crippen LogP contribution >= 0.6 is 11.3 Å². The minimum absolute atomic E-state index is 0.00941. The number of rotatable bonds is 4. The molecule has 7 nitrogen and oxygen atoms in total. The molecule has 3 N–H and O–H groups in total. The van der Waals surface area contributed by atoms with Crippen LogP contribution < -0.4 is 10.6 Å². The van der Waals surface area contributed by atoms with Gasteiger partial charge in [-0.05, 0) is 32.3 Å². The van der Waals surface area contributed by atoms with Crippen LogP contribution in [-0.4, -0.2) is 52.9 Å². The molecule has 0 aromatic carbocycles. The van der Waals surface area contributed by atoms with Crippen molar-refractivity contribution in [3.8, 4) is 0 Å². The van der Waals surface area contributed by atoms with Gasteiger partial charge in [-0.1, -0.05) is 0 Å². The van der Waals surface area contributed by atoms with Crippen LogP contribution in [0.5, 0.6) is 0 Å². The average molecular weight is 350 g/mol. The molecule has 3 heterocycles. The van der Waals surface area contributed by atoms with E-state index in [1.54, 1.807) is 6.92 Å². The second-order valence-corrected chi connectivity index (χ2v) is 7.16. The summed E-state index contributed by atoms with van der Waals surface area (Å²) < 4.78 is 5.13. The number of hydrogen-bond donors (Lipinski definition) is 2. The van der Waals surface area contributed by atoms with E-state index >= 15 is 0 Å². The molecule has 0 radical (unpaired) electrons. The fourth-order valence-electron chi connectivity index (χ4n) is 3.01. The Morgan fingerprint density at radius 3 is 2.79 bits per heavy atom. The monoisotopic (exact) mass is 350 g/mol. The number of nitrogens with zero attached hydrogens (tertiary/aromatic N) is 3.